The molecule has 1 amide bonds. The normalized spacial score (nSPS) is 17.1. The summed E-state index contributed by atoms with van der Waals surface area (Å²) in [5.74, 6) is -0.462. The van der Waals surface area contributed by atoms with E-state index in [0.717, 1.165) is 0 Å². The van der Waals surface area contributed by atoms with Crippen molar-refractivity contribution in [2.24, 2.45) is 0 Å². The summed E-state index contributed by atoms with van der Waals surface area (Å²) < 4.78 is 5.03. The fourth-order valence-electron chi connectivity index (χ4n) is 1.50. The zero-order valence-electron chi connectivity index (χ0n) is 9.39. The molecule has 1 aromatic heterocycles. The number of nitrogens with two attached hydrogens (primary N) is 1. The van der Waals surface area contributed by atoms with Crippen LogP contribution < -0.4 is 11.1 Å². The number of nitrogens with zero attached hydrogens (tertiary/aromatic N) is 1. The monoisotopic (exact) mass is 309 g/mol. The number of anilines is 1. The molecule has 0 bridgehead atoms. The molecule has 1 saturated heterocycles. The summed E-state index contributed by atoms with van der Waals surface area (Å²) in [4.78, 5) is 15.9. The molecule has 0 saturated carbocycles. The first kappa shape index (κ1) is 13.7. The third-order valence-electron chi connectivity index (χ3n) is 2.54. The van der Waals surface area contributed by atoms with Gasteiger partial charge in [0, 0.05) is 0 Å². The number of hydrogen-bond donors (Lipinski definition) is 2. The SMILES string of the molecule is CC1(NC(=O)c2nc(Cl)c(Cl)c(N)c2Cl)COC1. The molecule has 0 radical (unpaired) electrons. The smallest absolute Gasteiger partial charge is 0.272 e. The second-order valence-electron chi connectivity index (χ2n) is 4.30. The Balaban J connectivity index is 2.30. The van der Waals surface area contributed by atoms with Gasteiger partial charge in [0.25, 0.3) is 5.91 Å². The van der Waals surface area contributed by atoms with Crippen molar-refractivity contribution >= 4 is 46.4 Å². The fraction of sp³-hybridized carbons (Fsp3) is 0.400. The lowest BCUT2D eigenvalue weighted by Crippen LogP contribution is -2.60. The van der Waals surface area contributed by atoms with E-state index in [1.165, 1.54) is 0 Å². The number of amides is 1. The standard InChI is InChI=1S/C10H10Cl3N3O2/c1-10(2-18-3-10)16-9(17)7-4(11)6(14)5(12)8(13)15-7/h2-3H2,1H3,(H2,14,15)(H,16,17). The molecular weight excluding hydrogens is 300 g/mol. The maximum absolute atomic E-state index is 12.0. The minimum absolute atomic E-state index is 0.00857. The van der Waals surface area contributed by atoms with E-state index in [1.54, 1.807) is 0 Å². The first-order chi connectivity index (χ1) is 8.34. The van der Waals surface area contributed by atoms with Crippen LogP contribution in [-0.4, -0.2) is 29.6 Å². The Kier molecular flexibility index (Phi) is 3.60. The molecule has 0 aromatic carbocycles. The van der Waals surface area contributed by atoms with Crippen molar-refractivity contribution < 1.29 is 9.53 Å². The lowest BCUT2D eigenvalue weighted by Gasteiger charge is -2.38. The Hall–Kier alpha value is -0.750. The second kappa shape index (κ2) is 4.74. The van der Waals surface area contributed by atoms with Gasteiger partial charge in [-0.2, -0.15) is 0 Å². The molecule has 2 heterocycles. The van der Waals surface area contributed by atoms with Crippen LogP contribution in [0.2, 0.25) is 15.2 Å². The fourth-order valence-corrected chi connectivity index (χ4v) is 2.09. The molecule has 1 fully saturated rings. The predicted octanol–water partition coefficient (Wildman–Crippen LogP) is 2.14. The van der Waals surface area contributed by atoms with Gasteiger partial charge in [0.2, 0.25) is 0 Å². The van der Waals surface area contributed by atoms with Gasteiger partial charge >= 0.3 is 0 Å². The first-order valence-corrected chi connectivity index (χ1v) is 6.18. The number of ether oxygens (including phenoxy) is 1. The van der Waals surface area contributed by atoms with Crippen LogP contribution in [0.25, 0.3) is 0 Å². The molecule has 8 heteroatoms. The highest BCUT2D eigenvalue weighted by Gasteiger charge is 2.36. The number of halogens is 3. The highest BCUT2D eigenvalue weighted by atomic mass is 35.5. The van der Waals surface area contributed by atoms with E-state index < -0.39 is 11.4 Å². The van der Waals surface area contributed by atoms with E-state index in [4.69, 9.17) is 45.3 Å². The van der Waals surface area contributed by atoms with Gasteiger partial charge in [-0.05, 0) is 6.92 Å². The molecule has 98 valence electrons. The quantitative estimate of drug-likeness (QED) is 0.821. The molecule has 3 N–H and O–H groups in total. The number of pyridine rings is 1. The molecule has 0 atom stereocenters. The van der Waals surface area contributed by atoms with Crippen LogP contribution in [0, 0.1) is 0 Å². The summed E-state index contributed by atoms with van der Waals surface area (Å²) >= 11 is 17.5. The Morgan fingerprint density at radius 2 is 2.00 bits per heavy atom. The van der Waals surface area contributed by atoms with E-state index in [1.807, 2.05) is 6.92 Å². The average molecular weight is 311 g/mol. The van der Waals surface area contributed by atoms with Crippen molar-refractivity contribution in [2.75, 3.05) is 18.9 Å². The number of carbonyl (C=O) groups is 1. The van der Waals surface area contributed by atoms with Crippen LogP contribution in [0.1, 0.15) is 17.4 Å². The van der Waals surface area contributed by atoms with Crippen molar-refractivity contribution in [3.05, 3.63) is 20.9 Å². The number of nitrogen functional groups attached to an aromatic ring is 1. The molecule has 18 heavy (non-hydrogen) atoms. The summed E-state index contributed by atoms with van der Waals surface area (Å²) in [6.45, 7) is 2.73. The van der Waals surface area contributed by atoms with Gasteiger partial charge in [0.15, 0.2) is 10.8 Å². The van der Waals surface area contributed by atoms with Gasteiger partial charge in [0.1, 0.15) is 5.02 Å². The summed E-state index contributed by atoms with van der Waals surface area (Å²) in [5, 5.41) is 2.73. The minimum Gasteiger partial charge on any atom is -0.396 e. The summed E-state index contributed by atoms with van der Waals surface area (Å²) in [6.07, 6.45) is 0. The predicted molar refractivity (Wildman–Crippen MR) is 70.4 cm³/mol. The highest BCUT2D eigenvalue weighted by molar-refractivity contribution is 6.46. The van der Waals surface area contributed by atoms with E-state index in [0.29, 0.717) is 13.2 Å². The number of hydrogen-bond acceptors (Lipinski definition) is 4. The van der Waals surface area contributed by atoms with Gasteiger partial charge < -0.3 is 15.8 Å². The lowest BCUT2D eigenvalue weighted by atomic mass is 10.0. The molecule has 2 rings (SSSR count). The van der Waals surface area contributed by atoms with Crippen LogP contribution in [0.3, 0.4) is 0 Å². The summed E-state index contributed by atoms with van der Waals surface area (Å²) in [6, 6.07) is 0. The Morgan fingerprint density at radius 1 is 1.39 bits per heavy atom. The van der Waals surface area contributed by atoms with Crippen molar-refractivity contribution in [3.63, 3.8) is 0 Å². The van der Waals surface area contributed by atoms with Gasteiger partial charge in [0.05, 0.1) is 29.5 Å². The first-order valence-electron chi connectivity index (χ1n) is 5.04. The van der Waals surface area contributed by atoms with E-state index >= 15 is 0 Å². The molecule has 1 aliphatic heterocycles. The summed E-state index contributed by atoms with van der Waals surface area (Å²) in [5.41, 5.74) is 5.22. The van der Waals surface area contributed by atoms with Gasteiger partial charge in [-0.25, -0.2) is 4.98 Å². The number of carbonyl (C=O) groups excluding carboxylic acids is 1. The van der Waals surface area contributed by atoms with E-state index in [2.05, 4.69) is 10.3 Å². The minimum atomic E-state index is -0.462. The topological polar surface area (TPSA) is 77.2 Å². The molecule has 0 spiro atoms. The molecule has 0 unspecified atom stereocenters. The average Bonchev–Trinajstić information content (AvgIpc) is 2.29. The molecule has 0 aliphatic carbocycles. The number of aromatic nitrogens is 1. The largest absolute Gasteiger partial charge is 0.396 e. The zero-order valence-corrected chi connectivity index (χ0v) is 11.7. The van der Waals surface area contributed by atoms with Crippen LogP contribution in [0.4, 0.5) is 5.69 Å². The number of rotatable bonds is 2. The third kappa shape index (κ3) is 2.36. The second-order valence-corrected chi connectivity index (χ2v) is 5.41. The van der Waals surface area contributed by atoms with Crippen molar-refractivity contribution in [1.29, 1.82) is 0 Å². The van der Waals surface area contributed by atoms with Crippen molar-refractivity contribution in [2.45, 2.75) is 12.5 Å². The lowest BCUT2D eigenvalue weighted by molar-refractivity contribution is -0.0594. The van der Waals surface area contributed by atoms with Crippen LogP contribution >= 0.6 is 34.8 Å². The Morgan fingerprint density at radius 3 is 2.50 bits per heavy atom. The Labute approximate surface area is 119 Å². The molecular formula is C10H10Cl3N3O2. The number of nitrogens with one attached hydrogen (secondary N) is 1. The van der Waals surface area contributed by atoms with Crippen molar-refractivity contribution in [3.8, 4) is 0 Å². The molecule has 5 nitrogen and oxygen atoms in total. The van der Waals surface area contributed by atoms with Gasteiger partial charge in [-0.3, -0.25) is 4.79 Å². The Bertz CT molecular complexity index is 518. The van der Waals surface area contributed by atoms with Gasteiger partial charge in [-0.1, -0.05) is 34.8 Å². The zero-order chi connectivity index (χ0) is 13.5. The maximum atomic E-state index is 12.0. The molecule has 1 aliphatic rings. The highest BCUT2D eigenvalue weighted by Crippen LogP contribution is 2.34. The van der Waals surface area contributed by atoms with Gasteiger partial charge in [-0.15, -0.1) is 0 Å². The molecule has 1 aromatic rings. The maximum Gasteiger partial charge on any atom is 0.272 e. The van der Waals surface area contributed by atoms with E-state index in [-0.39, 0.29) is 26.6 Å². The third-order valence-corrected chi connectivity index (χ3v) is 3.68. The van der Waals surface area contributed by atoms with Crippen LogP contribution in [0.15, 0.2) is 0 Å². The van der Waals surface area contributed by atoms with E-state index in [9.17, 15) is 4.79 Å². The van der Waals surface area contributed by atoms with Crippen molar-refractivity contribution in [1.82, 2.24) is 10.3 Å². The van der Waals surface area contributed by atoms with Crippen LogP contribution in [-0.2, 0) is 4.74 Å². The van der Waals surface area contributed by atoms with Crippen LogP contribution in [0.5, 0.6) is 0 Å². The summed E-state index contributed by atoms with van der Waals surface area (Å²) in [7, 11) is 0.